The van der Waals surface area contributed by atoms with Gasteiger partial charge in [0, 0.05) is 18.8 Å². The zero-order chi connectivity index (χ0) is 13.3. The van der Waals surface area contributed by atoms with E-state index in [1.165, 1.54) is 11.1 Å². The van der Waals surface area contributed by atoms with E-state index in [0.29, 0.717) is 24.4 Å². The van der Waals surface area contributed by atoms with Crippen LogP contribution >= 0.6 is 0 Å². The monoisotopic (exact) mass is 256 g/mol. The van der Waals surface area contributed by atoms with Crippen LogP contribution in [0.3, 0.4) is 0 Å². The average molecular weight is 256 g/mol. The van der Waals surface area contributed by atoms with Gasteiger partial charge in [-0.25, -0.2) is 4.98 Å². The lowest BCUT2D eigenvalue weighted by Crippen LogP contribution is -2.34. The summed E-state index contributed by atoms with van der Waals surface area (Å²) >= 11 is 0. The van der Waals surface area contributed by atoms with Gasteiger partial charge in [-0.2, -0.15) is 0 Å². The third-order valence-electron chi connectivity index (χ3n) is 3.71. The molecule has 3 rings (SSSR count). The molecule has 0 spiro atoms. The van der Waals surface area contributed by atoms with Crippen LogP contribution < -0.4 is 4.74 Å². The first-order chi connectivity index (χ1) is 9.23. The number of rotatable bonds is 2. The number of nitrogens with zero attached hydrogens (tertiary/aromatic N) is 2. The molecule has 0 radical (unpaired) electrons. The predicted octanol–water partition coefficient (Wildman–Crippen LogP) is 1.86. The van der Waals surface area contributed by atoms with E-state index in [1.54, 1.807) is 19.5 Å². The lowest BCUT2D eigenvalue weighted by Gasteiger charge is -2.33. The molecule has 98 valence electrons. The number of aryl methyl sites for hydroxylation is 1. The fraction of sp³-hybridized carbons (Fsp3) is 0.333. The van der Waals surface area contributed by atoms with Crippen LogP contribution in [-0.2, 0) is 18.4 Å². The fourth-order valence-corrected chi connectivity index (χ4v) is 2.71. The Morgan fingerprint density at radius 3 is 2.68 bits per heavy atom. The highest BCUT2D eigenvalue weighted by Crippen LogP contribution is 2.38. The number of methoxy groups -OCH3 is 1. The van der Waals surface area contributed by atoms with E-state index < -0.39 is 5.60 Å². The molecular formula is C15H16N2O2. The van der Waals surface area contributed by atoms with Crippen molar-refractivity contribution < 1.29 is 9.84 Å². The van der Waals surface area contributed by atoms with E-state index in [0.717, 1.165) is 6.42 Å². The van der Waals surface area contributed by atoms with Crippen LogP contribution in [-0.4, -0.2) is 22.2 Å². The van der Waals surface area contributed by atoms with Gasteiger partial charge in [0.1, 0.15) is 11.3 Å². The van der Waals surface area contributed by atoms with Gasteiger partial charge in [-0.1, -0.05) is 24.3 Å². The van der Waals surface area contributed by atoms with Crippen molar-refractivity contribution in [1.82, 2.24) is 9.97 Å². The zero-order valence-electron chi connectivity index (χ0n) is 10.8. The van der Waals surface area contributed by atoms with E-state index in [9.17, 15) is 5.11 Å². The molecule has 1 aromatic heterocycles. The first-order valence-corrected chi connectivity index (χ1v) is 6.37. The first kappa shape index (κ1) is 12.1. The Balaban J connectivity index is 2.01. The number of aliphatic hydroxyl groups is 1. The van der Waals surface area contributed by atoms with Crippen molar-refractivity contribution in [2.24, 2.45) is 0 Å². The highest BCUT2D eigenvalue weighted by molar-refractivity contribution is 5.36. The number of aromatic nitrogens is 2. The Kier molecular flexibility index (Phi) is 2.95. The van der Waals surface area contributed by atoms with Crippen molar-refractivity contribution in [1.29, 1.82) is 0 Å². The Morgan fingerprint density at radius 2 is 1.89 bits per heavy atom. The average Bonchev–Trinajstić information content (AvgIpc) is 2.47. The van der Waals surface area contributed by atoms with E-state index in [-0.39, 0.29) is 0 Å². The molecule has 0 fully saturated rings. The lowest BCUT2D eigenvalue weighted by atomic mass is 9.78. The predicted molar refractivity (Wildman–Crippen MR) is 70.9 cm³/mol. The van der Waals surface area contributed by atoms with Gasteiger partial charge < -0.3 is 9.84 Å². The largest absolute Gasteiger partial charge is 0.480 e. The smallest absolute Gasteiger partial charge is 0.238 e. The molecule has 0 bridgehead atoms. The number of benzene rings is 1. The van der Waals surface area contributed by atoms with Crippen molar-refractivity contribution in [2.75, 3.05) is 7.11 Å². The molecule has 0 aliphatic heterocycles. The first-order valence-electron chi connectivity index (χ1n) is 6.37. The van der Waals surface area contributed by atoms with Gasteiger partial charge in [0.05, 0.1) is 7.11 Å². The van der Waals surface area contributed by atoms with Gasteiger partial charge >= 0.3 is 0 Å². The Labute approximate surface area is 112 Å². The second-order valence-corrected chi connectivity index (χ2v) is 4.89. The van der Waals surface area contributed by atoms with Gasteiger partial charge in [0.2, 0.25) is 5.88 Å². The maximum atomic E-state index is 10.9. The van der Waals surface area contributed by atoms with Gasteiger partial charge in [0.25, 0.3) is 0 Å². The summed E-state index contributed by atoms with van der Waals surface area (Å²) in [6, 6.07) is 8.20. The topological polar surface area (TPSA) is 55.2 Å². The fourth-order valence-electron chi connectivity index (χ4n) is 2.71. The van der Waals surface area contributed by atoms with Crippen molar-refractivity contribution in [2.45, 2.75) is 24.9 Å². The molecule has 2 aromatic rings. The Bertz CT molecular complexity index is 600. The SMILES string of the molecule is COc1nccnc1C1(O)CCc2ccccc2C1. The molecule has 1 atom stereocenters. The van der Waals surface area contributed by atoms with Gasteiger partial charge in [-0.05, 0) is 24.0 Å². The van der Waals surface area contributed by atoms with Crippen molar-refractivity contribution in [3.63, 3.8) is 0 Å². The molecular weight excluding hydrogens is 240 g/mol. The summed E-state index contributed by atoms with van der Waals surface area (Å²) in [6.07, 6.45) is 5.20. The normalized spacial score (nSPS) is 21.8. The summed E-state index contributed by atoms with van der Waals surface area (Å²) in [4.78, 5) is 8.41. The zero-order valence-corrected chi connectivity index (χ0v) is 10.8. The number of hydrogen-bond acceptors (Lipinski definition) is 4. The third-order valence-corrected chi connectivity index (χ3v) is 3.71. The summed E-state index contributed by atoms with van der Waals surface area (Å²) in [6.45, 7) is 0. The second-order valence-electron chi connectivity index (χ2n) is 4.89. The minimum Gasteiger partial charge on any atom is -0.480 e. The summed E-state index contributed by atoms with van der Waals surface area (Å²) in [5, 5.41) is 10.9. The summed E-state index contributed by atoms with van der Waals surface area (Å²) in [5.74, 6) is 0.407. The lowest BCUT2D eigenvalue weighted by molar-refractivity contribution is 0.0149. The molecule has 0 amide bonds. The molecule has 1 heterocycles. The Hall–Kier alpha value is -1.94. The van der Waals surface area contributed by atoms with Crippen LogP contribution in [0.4, 0.5) is 0 Å². The molecule has 4 nitrogen and oxygen atoms in total. The number of fused-ring (bicyclic) bond motifs is 1. The van der Waals surface area contributed by atoms with Crippen LogP contribution in [0.2, 0.25) is 0 Å². The standard InChI is InChI=1S/C15H16N2O2/c1-19-14-13(16-8-9-17-14)15(18)7-6-11-4-2-3-5-12(11)10-15/h2-5,8-9,18H,6-7,10H2,1H3. The minimum atomic E-state index is -0.992. The van der Waals surface area contributed by atoms with Crippen molar-refractivity contribution >= 4 is 0 Å². The second kappa shape index (κ2) is 4.63. The molecule has 4 heteroatoms. The van der Waals surface area contributed by atoms with Gasteiger partial charge in [-0.3, -0.25) is 4.98 Å². The highest BCUT2D eigenvalue weighted by Gasteiger charge is 2.37. The van der Waals surface area contributed by atoms with E-state index in [2.05, 4.69) is 22.1 Å². The van der Waals surface area contributed by atoms with Gasteiger partial charge in [-0.15, -0.1) is 0 Å². The number of ether oxygens (including phenoxy) is 1. The molecule has 1 aliphatic carbocycles. The van der Waals surface area contributed by atoms with Crippen LogP contribution in [0.1, 0.15) is 23.2 Å². The molecule has 19 heavy (non-hydrogen) atoms. The quantitative estimate of drug-likeness (QED) is 0.891. The molecule has 1 aromatic carbocycles. The maximum Gasteiger partial charge on any atom is 0.238 e. The van der Waals surface area contributed by atoms with Crippen molar-refractivity contribution in [3.8, 4) is 5.88 Å². The van der Waals surface area contributed by atoms with Crippen molar-refractivity contribution in [3.05, 3.63) is 53.5 Å². The van der Waals surface area contributed by atoms with Gasteiger partial charge in [0.15, 0.2) is 0 Å². The molecule has 1 aliphatic rings. The Morgan fingerprint density at radius 1 is 1.16 bits per heavy atom. The molecule has 0 saturated carbocycles. The van der Waals surface area contributed by atoms with Crippen LogP contribution in [0.5, 0.6) is 5.88 Å². The van der Waals surface area contributed by atoms with Crippen LogP contribution in [0.15, 0.2) is 36.7 Å². The summed E-state index contributed by atoms with van der Waals surface area (Å²) < 4.78 is 5.22. The molecule has 1 N–H and O–H groups in total. The van der Waals surface area contributed by atoms with Crippen LogP contribution in [0.25, 0.3) is 0 Å². The van der Waals surface area contributed by atoms with E-state index in [4.69, 9.17) is 4.74 Å². The minimum absolute atomic E-state index is 0.407. The number of hydrogen-bond donors (Lipinski definition) is 1. The molecule has 1 unspecified atom stereocenters. The van der Waals surface area contributed by atoms with Crippen LogP contribution in [0, 0.1) is 0 Å². The summed E-state index contributed by atoms with van der Waals surface area (Å²) in [7, 11) is 1.55. The molecule has 0 saturated heterocycles. The van der Waals surface area contributed by atoms with E-state index >= 15 is 0 Å². The van der Waals surface area contributed by atoms with E-state index in [1.807, 2.05) is 12.1 Å². The summed E-state index contributed by atoms with van der Waals surface area (Å²) in [5.41, 5.74) is 2.01. The maximum absolute atomic E-state index is 10.9. The third kappa shape index (κ3) is 2.08. The highest BCUT2D eigenvalue weighted by atomic mass is 16.5.